The van der Waals surface area contributed by atoms with Crippen molar-refractivity contribution in [2.75, 3.05) is 25.8 Å². The lowest BCUT2D eigenvalue weighted by molar-refractivity contribution is 0.125. The SMILES string of the molecule is CC(C)(c1ccc(OCCCF)cc1)c1ccc(OCC(O)CCl)cc1. The maximum atomic E-state index is 12.1. The Morgan fingerprint density at radius 3 is 1.92 bits per heavy atom. The van der Waals surface area contributed by atoms with Gasteiger partial charge in [0.25, 0.3) is 0 Å². The van der Waals surface area contributed by atoms with E-state index < -0.39 is 6.10 Å². The van der Waals surface area contributed by atoms with E-state index in [1.54, 1.807) is 0 Å². The normalized spacial score (nSPS) is 12.7. The van der Waals surface area contributed by atoms with Crippen molar-refractivity contribution in [2.45, 2.75) is 31.8 Å². The zero-order chi connectivity index (χ0) is 19.0. The van der Waals surface area contributed by atoms with Crippen molar-refractivity contribution in [3.05, 3.63) is 59.7 Å². The van der Waals surface area contributed by atoms with E-state index in [0.29, 0.717) is 18.8 Å². The van der Waals surface area contributed by atoms with Gasteiger partial charge in [-0.15, -0.1) is 11.6 Å². The van der Waals surface area contributed by atoms with Crippen molar-refractivity contribution >= 4 is 11.6 Å². The lowest BCUT2D eigenvalue weighted by Gasteiger charge is -2.26. The maximum Gasteiger partial charge on any atom is 0.119 e. The Balaban J connectivity index is 2.04. The highest BCUT2D eigenvalue weighted by molar-refractivity contribution is 6.18. The first-order valence-electron chi connectivity index (χ1n) is 8.74. The van der Waals surface area contributed by atoms with Crippen molar-refractivity contribution in [3.8, 4) is 11.5 Å². The fraction of sp³-hybridized carbons (Fsp3) is 0.429. The average molecular weight is 381 g/mol. The van der Waals surface area contributed by atoms with Crippen LogP contribution in [0.5, 0.6) is 11.5 Å². The largest absolute Gasteiger partial charge is 0.494 e. The van der Waals surface area contributed by atoms with E-state index in [9.17, 15) is 9.50 Å². The number of hydrogen-bond acceptors (Lipinski definition) is 3. The van der Waals surface area contributed by atoms with Gasteiger partial charge in [-0.1, -0.05) is 38.1 Å². The number of benzene rings is 2. The van der Waals surface area contributed by atoms with E-state index in [-0.39, 0.29) is 24.6 Å². The van der Waals surface area contributed by atoms with Crippen molar-refractivity contribution in [1.82, 2.24) is 0 Å². The van der Waals surface area contributed by atoms with Gasteiger partial charge in [-0.2, -0.15) is 0 Å². The summed E-state index contributed by atoms with van der Waals surface area (Å²) in [6.07, 6.45) is -0.262. The van der Waals surface area contributed by atoms with Crippen molar-refractivity contribution in [2.24, 2.45) is 0 Å². The van der Waals surface area contributed by atoms with Gasteiger partial charge in [0.05, 0.1) is 19.2 Å². The lowest BCUT2D eigenvalue weighted by Crippen LogP contribution is -2.20. The van der Waals surface area contributed by atoms with Crippen molar-refractivity contribution in [3.63, 3.8) is 0 Å². The molecule has 0 amide bonds. The molecule has 0 aliphatic heterocycles. The van der Waals surface area contributed by atoms with Gasteiger partial charge in [0.15, 0.2) is 0 Å². The number of alkyl halides is 2. The highest BCUT2D eigenvalue weighted by Crippen LogP contribution is 2.33. The van der Waals surface area contributed by atoms with E-state index in [0.717, 1.165) is 16.9 Å². The number of aliphatic hydroxyl groups excluding tert-OH is 1. The number of halogens is 2. The molecule has 0 bridgehead atoms. The van der Waals surface area contributed by atoms with Crippen LogP contribution in [0, 0.1) is 0 Å². The standard InChI is InChI=1S/C21H26ClFO3/c1-21(2,16-4-8-19(9-5-16)25-13-3-12-23)17-6-10-20(11-7-17)26-15-18(24)14-22/h4-11,18,24H,3,12-15H2,1-2H3. The van der Waals surface area contributed by atoms with Crippen LogP contribution in [0.15, 0.2) is 48.5 Å². The van der Waals surface area contributed by atoms with Crippen LogP contribution in [0.1, 0.15) is 31.4 Å². The van der Waals surface area contributed by atoms with Crippen molar-refractivity contribution < 1.29 is 19.0 Å². The van der Waals surface area contributed by atoms with Gasteiger partial charge in [0.1, 0.15) is 24.2 Å². The number of aliphatic hydroxyl groups is 1. The number of rotatable bonds is 10. The zero-order valence-corrected chi connectivity index (χ0v) is 16.0. The van der Waals surface area contributed by atoms with Crippen LogP contribution in [0.2, 0.25) is 0 Å². The Kier molecular flexibility index (Phi) is 7.73. The van der Waals surface area contributed by atoms with E-state index in [1.807, 2.05) is 48.5 Å². The molecule has 26 heavy (non-hydrogen) atoms. The van der Waals surface area contributed by atoms with E-state index in [1.165, 1.54) is 0 Å². The summed E-state index contributed by atoms with van der Waals surface area (Å²) in [7, 11) is 0. The molecule has 1 unspecified atom stereocenters. The maximum absolute atomic E-state index is 12.1. The fourth-order valence-corrected chi connectivity index (χ4v) is 2.67. The molecule has 1 atom stereocenters. The van der Waals surface area contributed by atoms with Crippen LogP contribution in [0.25, 0.3) is 0 Å². The summed E-state index contributed by atoms with van der Waals surface area (Å²) in [6, 6.07) is 15.7. The molecule has 0 saturated carbocycles. The fourth-order valence-electron chi connectivity index (χ4n) is 2.58. The Labute approximate surface area is 159 Å². The minimum absolute atomic E-state index is 0.151. The smallest absolute Gasteiger partial charge is 0.119 e. The van der Waals surface area contributed by atoms with Crippen LogP contribution >= 0.6 is 11.6 Å². The molecule has 0 aromatic heterocycles. The minimum Gasteiger partial charge on any atom is -0.494 e. The average Bonchev–Trinajstić information content (AvgIpc) is 2.67. The van der Waals surface area contributed by atoms with E-state index in [4.69, 9.17) is 21.1 Å². The molecule has 0 spiro atoms. The summed E-state index contributed by atoms with van der Waals surface area (Å²) in [4.78, 5) is 0. The molecular weight excluding hydrogens is 355 g/mol. The molecule has 142 valence electrons. The topological polar surface area (TPSA) is 38.7 Å². The highest BCUT2D eigenvalue weighted by atomic mass is 35.5. The van der Waals surface area contributed by atoms with Crippen LogP contribution < -0.4 is 9.47 Å². The number of hydrogen-bond donors (Lipinski definition) is 1. The van der Waals surface area contributed by atoms with E-state index >= 15 is 0 Å². The van der Waals surface area contributed by atoms with Gasteiger partial charge in [-0.25, -0.2) is 0 Å². The molecule has 3 nitrogen and oxygen atoms in total. The summed E-state index contributed by atoms with van der Waals surface area (Å²) in [6.45, 7) is 4.50. The van der Waals surface area contributed by atoms with Gasteiger partial charge in [0, 0.05) is 11.8 Å². The quantitative estimate of drug-likeness (QED) is 0.478. The molecule has 1 N–H and O–H groups in total. The number of ether oxygens (including phenoxy) is 2. The molecular formula is C21H26ClFO3. The molecule has 2 aromatic rings. The minimum atomic E-state index is -0.668. The second kappa shape index (κ2) is 9.79. The Morgan fingerprint density at radius 1 is 0.962 bits per heavy atom. The zero-order valence-electron chi connectivity index (χ0n) is 15.3. The molecule has 5 heteroatoms. The highest BCUT2D eigenvalue weighted by Gasteiger charge is 2.23. The van der Waals surface area contributed by atoms with Crippen LogP contribution in [0.4, 0.5) is 4.39 Å². The van der Waals surface area contributed by atoms with Gasteiger partial charge in [-0.05, 0) is 35.4 Å². The first-order chi connectivity index (χ1) is 12.5. The summed E-state index contributed by atoms with van der Waals surface area (Å²) in [5.74, 6) is 1.60. The lowest BCUT2D eigenvalue weighted by atomic mass is 9.78. The molecule has 0 radical (unpaired) electrons. The van der Waals surface area contributed by atoms with Gasteiger partial charge >= 0.3 is 0 Å². The third kappa shape index (κ3) is 5.61. The van der Waals surface area contributed by atoms with Crippen LogP contribution in [-0.2, 0) is 5.41 Å². The Morgan fingerprint density at radius 2 is 1.46 bits per heavy atom. The van der Waals surface area contributed by atoms with Gasteiger partial charge in [-0.3, -0.25) is 4.39 Å². The summed E-state index contributed by atoms with van der Waals surface area (Å²) in [5.41, 5.74) is 2.11. The van der Waals surface area contributed by atoms with Crippen LogP contribution in [-0.4, -0.2) is 37.0 Å². The Bertz CT molecular complexity index is 656. The van der Waals surface area contributed by atoms with E-state index in [2.05, 4.69) is 13.8 Å². The first kappa shape index (κ1) is 20.5. The molecule has 0 saturated heterocycles. The molecule has 2 aromatic carbocycles. The van der Waals surface area contributed by atoms with Crippen LogP contribution in [0.3, 0.4) is 0 Å². The molecule has 2 rings (SSSR count). The Hall–Kier alpha value is -1.78. The second-order valence-corrected chi connectivity index (χ2v) is 6.99. The molecule has 0 heterocycles. The van der Waals surface area contributed by atoms with Gasteiger partial charge in [0.2, 0.25) is 0 Å². The second-order valence-electron chi connectivity index (χ2n) is 6.68. The summed E-state index contributed by atoms with van der Waals surface area (Å²) in [5, 5.41) is 9.46. The third-order valence-electron chi connectivity index (χ3n) is 4.32. The predicted molar refractivity (Wildman–Crippen MR) is 103 cm³/mol. The summed E-state index contributed by atoms with van der Waals surface area (Å²) < 4.78 is 23.2. The van der Waals surface area contributed by atoms with Gasteiger partial charge < -0.3 is 14.6 Å². The molecule has 0 aliphatic carbocycles. The predicted octanol–water partition coefficient (Wildman–Crippen LogP) is 4.73. The summed E-state index contributed by atoms with van der Waals surface area (Å²) >= 11 is 5.56. The monoisotopic (exact) mass is 380 g/mol. The third-order valence-corrected chi connectivity index (χ3v) is 4.68. The molecule has 0 aliphatic rings. The molecule has 0 fully saturated rings. The van der Waals surface area contributed by atoms with Crippen molar-refractivity contribution in [1.29, 1.82) is 0 Å². The first-order valence-corrected chi connectivity index (χ1v) is 9.27.